The van der Waals surface area contributed by atoms with Crippen LogP contribution < -0.4 is 0 Å². The summed E-state index contributed by atoms with van der Waals surface area (Å²) >= 11 is 0. The Morgan fingerprint density at radius 2 is 2.11 bits per heavy atom. The third kappa shape index (κ3) is 2.98. The minimum absolute atomic E-state index is 1.09. The molecule has 1 aliphatic rings. The molecule has 0 fully saturated rings. The molecule has 0 unspecified atom stereocenters. The lowest BCUT2D eigenvalue weighted by molar-refractivity contribution is 0.704. The number of hydrogen-bond donors (Lipinski definition) is 0. The van der Waals surface area contributed by atoms with E-state index in [-0.39, 0.29) is 0 Å². The summed E-state index contributed by atoms with van der Waals surface area (Å²) in [6.07, 6.45) is 10.4. The lowest BCUT2D eigenvalue weighted by Gasteiger charge is -1.90. The van der Waals surface area contributed by atoms with Gasteiger partial charge in [-0.05, 0) is 25.3 Å². The summed E-state index contributed by atoms with van der Waals surface area (Å²) in [5.74, 6) is 6.09. The van der Waals surface area contributed by atoms with Crippen LogP contribution in [0.25, 0.3) is 0 Å². The first kappa shape index (κ1) is 6.42. The van der Waals surface area contributed by atoms with Crippen LogP contribution in [0.1, 0.15) is 32.1 Å². The van der Waals surface area contributed by atoms with Crippen LogP contribution in [0.2, 0.25) is 0 Å². The third-order valence-corrected chi connectivity index (χ3v) is 1.48. The molecule has 48 valence electrons. The zero-order valence-corrected chi connectivity index (χ0v) is 5.69. The van der Waals surface area contributed by atoms with Crippen molar-refractivity contribution in [3.63, 3.8) is 0 Å². The van der Waals surface area contributed by atoms with Crippen LogP contribution in [0.3, 0.4) is 0 Å². The summed E-state index contributed by atoms with van der Waals surface area (Å²) in [5.41, 5.74) is 0. The second-order valence-corrected chi connectivity index (χ2v) is 2.32. The van der Waals surface area contributed by atoms with E-state index in [0.717, 1.165) is 6.42 Å². The monoisotopic (exact) mass is 120 g/mol. The second kappa shape index (κ2) is 4.21. The Labute approximate surface area is 57.0 Å². The molecule has 9 heavy (non-hydrogen) atoms. The fourth-order valence-electron chi connectivity index (χ4n) is 0.926. The molecule has 0 heterocycles. The quantitative estimate of drug-likeness (QED) is 0.431. The van der Waals surface area contributed by atoms with Gasteiger partial charge in [-0.3, -0.25) is 0 Å². The first-order valence-electron chi connectivity index (χ1n) is 3.63. The summed E-state index contributed by atoms with van der Waals surface area (Å²) in [4.78, 5) is 0. The molecule has 1 aliphatic carbocycles. The average Bonchev–Trinajstić information content (AvgIpc) is 2.00. The molecular formula is C9H12. The van der Waals surface area contributed by atoms with Gasteiger partial charge in [-0.15, -0.1) is 0 Å². The van der Waals surface area contributed by atoms with E-state index in [0.29, 0.717) is 0 Å². The van der Waals surface area contributed by atoms with Crippen LogP contribution in [-0.4, -0.2) is 0 Å². The van der Waals surface area contributed by atoms with Gasteiger partial charge in [0.15, 0.2) is 0 Å². The molecule has 0 spiro atoms. The van der Waals surface area contributed by atoms with Crippen molar-refractivity contribution in [1.82, 2.24) is 0 Å². The molecule has 0 saturated heterocycles. The first-order chi connectivity index (χ1) is 4.50. The zero-order valence-electron chi connectivity index (χ0n) is 5.69. The van der Waals surface area contributed by atoms with Gasteiger partial charge in [-0.2, -0.15) is 0 Å². The maximum atomic E-state index is 3.09. The molecule has 1 rings (SSSR count). The van der Waals surface area contributed by atoms with Gasteiger partial charge in [0.25, 0.3) is 0 Å². The highest BCUT2D eigenvalue weighted by Crippen LogP contribution is 2.03. The molecule has 0 nitrogen and oxygen atoms in total. The third-order valence-electron chi connectivity index (χ3n) is 1.48. The minimum atomic E-state index is 1.09. The van der Waals surface area contributed by atoms with Gasteiger partial charge in [-0.1, -0.05) is 24.3 Å². The van der Waals surface area contributed by atoms with Gasteiger partial charge in [0, 0.05) is 6.42 Å². The number of hydrogen-bond acceptors (Lipinski definition) is 0. The molecule has 0 aromatic carbocycles. The van der Waals surface area contributed by atoms with Gasteiger partial charge in [-0.25, -0.2) is 0 Å². The van der Waals surface area contributed by atoms with Crippen LogP contribution in [0.4, 0.5) is 0 Å². The Morgan fingerprint density at radius 1 is 1.11 bits per heavy atom. The van der Waals surface area contributed by atoms with E-state index in [9.17, 15) is 0 Å². The van der Waals surface area contributed by atoms with Crippen LogP contribution >= 0.6 is 0 Å². The highest BCUT2D eigenvalue weighted by Gasteiger charge is 1.86. The van der Waals surface area contributed by atoms with Crippen molar-refractivity contribution in [3.8, 4) is 11.8 Å². The largest absolute Gasteiger partial charge is 0.0985 e. The standard InChI is InChI=1S/C9H12/c1-2-4-6-8-9-7-5-3-1/h1-2H,3,5,7-9H2/b2-1-. The van der Waals surface area contributed by atoms with Crippen molar-refractivity contribution in [2.24, 2.45) is 0 Å². The fourth-order valence-corrected chi connectivity index (χ4v) is 0.926. The molecule has 0 N–H and O–H groups in total. The molecule has 0 bridgehead atoms. The Kier molecular flexibility index (Phi) is 3.00. The molecule has 0 aromatic heterocycles. The van der Waals surface area contributed by atoms with E-state index >= 15 is 0 Å². The van der Waals surface area contributed by atoms with E-state index in [1.54, 1.807) is 0 Å². The molecule has 0 aromatic rings. The Bertz CT molecular complexity index is 143. The first-order valence-corrected chi connectivity index (χ1v) is 3.63. The minimum Gasteiger partial charge on any atom is -0.0985 e. The summed E-state index contributed by atoms with van der Waals surface area (Å²) in [5, 5.41) is 0. The SMILES string of the molecule is C1#CCCCCC/C=C\1. The lowest BCUT2D eigenvalue weighted by atomic mass is 10.2. The number of allylic oxidation sites excluding steroid dienone is 2. The topological polar surface area (TPSA) is 0 Å². The van der Waals surface area contributed by atoms with Gasteiger partial charge >= 0.3 is 0 Å². The van der Waals surface area contributed by atoms with Gasteiger partial charge in [0.1, 0.15) is 0 Å². The Balaban J connectivity index is 2.35. The molecule has 0 heteroatoms. The van der Waals surface area contributed by atoms with Crippen molar-refractivity contribution in [1.29, 1.82) is 0 Å². The van der Waals surface area contributed by atoms with Crippen LogP contribution in [-0.2, 0) is 0 Å². The Morgan fingerprint density at radius 3 is 3.11 bits per heavy atom. The molecular weight excluding hydrogens is 108 g/mol. The summed E-state index contributed by atoms with van der Waals surface area (Å²) in [7, 11) is 0. The van der Waals surface area contributed by atoms with E-state index in [2.05, 4.69) is 17.9 Å². The van der Waals surface area contributed by atoms with Crippen molar-refractivity contribution in [2.75, 3.05) is 0 Å². The fraction of sp³-hybridized carbons (Fsp3) is 0.556. The molecule has 0 saturated carbocycles. The molecule has 0 radical (unpaired) electrons. The predicted molar refractivity (Wildman–Crippen MR) is 40.0 cm³/mol. The normalized spacial score (nSPS) is 22.2. The van der Waals surface area contributed by atoms with Crippen LogP contribution in [0.15, 0.2) is 12.2 Å². The van der Waals surface area contributed by atoms with Crippen molar-refractivity contribution in [2.45, 2.75) is 32.1 Å². The predicted octanol–water partition coefficient (Wildman–Crippen LogP) is 2.51. The van der Waals surface area contributed by atoms with E-state index in [1.165, 1.54) is 25.7 Å². The molecule has 0 aliphatic heterocycles. The van der Waals surface area contributed by atoms with Gasteiger partial charge < -0.3 is 0 Å². The number of rotatable bonds is 0. The van der Waals surface area contributed by atoms with Crippen LogP contribution in [0.5, 0.6) is 0 Å². The average molecular weight is 120 g/mol. The van der Waals surface area contributed by atoms with E-state index in [4.69, 9.17) is 0 Å². The smallest absolute Gasteiger partial charge is 0.00922 e. The summed E-state index contributed by atoms with van der Waals surface area (Å²) in [6.45, 7) is 0. The summed E-state index contributed by atoms with van der Waals surface area (Å²) < 4.78 is 0. The highest BCUT2D eigenvalue weighted by atomic mass is 13.9. The highest BCUT2D eigenvalue weighted by molar-refractivity contribution is 5.15. The Hall–Kier alpha value is -0.700. The summed E-state index contributed by atoms with van der Waals surface area (Å²) in [6, 6.07) is 0. The maximum absolute atomic E-state index is 3.09. The van der Waals surface area contributed by atoms with Crippen molar-refractivity contribution in [3.05, 3.63) is 12.2 Å². The van der Waals surface area contributed by atoms with E-state index in [1.807, 2.05) is 6.08 Å². The van der Waals surface area contributed by atoms with Crippen molar-refractivity contribution < 1.29 is 0 Å². The van der Waals surface area contributed by atoms with Crippen molar-refractivity contribution >= 4 is 0 Å². The molecule has 0 amide bonds. The zero-order chi connectivity index (χ0) is 6.36. The lowest BCUT2D eigenvalue weighted by Crippen LogP contribution is -1.72. The van der Waals surface area contributed by atoms with Gasteiger partial charge in [0.05, 0.1) is 0 Å². The van der Waals surface area contributed by atoms with Gasteiger partial charge in [0.2, 0.25) is 0 Å². The maximum Gasteiger partial charge on any atom is 0.00922 e. The van der Waals surface area contributed by atoms with Crippen LogP contribution in [0, 0.1) is 11.8 Å². The second-order valence-electron chi connectivity index (χ2n) is 2.32. The van der Waals surface area contributed by atoms with E-state index < -0.39 is 0 Å². The molecule has 0 atom stereocenters.